The second kappa shape index (κ2) is 10.6. The van der Waals surface area contributed by atoms with E-state index in [0.29, 0.717) is 19.5 Å². The minimum absolute atomic E-state index is 0.150. The first-order valence-corrected chi connectivity index (χ1v) is 7.72. The first-order chi connectivity index (χ1) is 9.75. The molecule has 1 heterocycles. The van der Waals surface area contributed by atoms with Gasteiger partial charge in [-0.05, 0) is 25.9 Å². The fourth-order valence-corrected chi connectivity index (χ4v) is 2.17. The number of unbranched alkanes of at least 4 members (excludes halogenated alkanes) is 1. The predicted molar refractivity (Wildman–Crippen MR) is 79.4 cm³/mol. The Morgan fingerprint density at radius 1 is 0.900 bits per heavy atom. The summed E-state index contributed by atoms with van der Waals surface area (Å²) in [6.07, 6.45) is 3.54. The van der Waals surface area contributed by atoms with Gasteiger partial charge in [0.1, 0.15) is 5.92 Å². The van der Waals surface area contributed by atoms with Gasteiger partial charge in [-0.1, -0.05) is 19.8 Å². The van der Waals surface area contributed by atoms with Crippen LogP contribution in [0.2, 0.25) is 0 Å². The molecule has 4 N–H and O–H groups in total. The molecular weight excluding hydrogens is 256 g/mol. The van der Waals surface area contributed by atoms with Crippen molar-refractivity contribution in [2.45, 2.75) is 32.6 Å². The third-order valence-corrected chi connectivity index (χ3v) is 3.39. The molecule has 1 aliphatic rings. The largest absolute Gasteiger partial charge is 0.354 e. The van der Waals surface area contributed by atoms with Gasteiger partial charge in [-0.25, -0.2) is 0 Å². The Hall–Kier alpha value is -1.14. The average Bonchev–Trinajstić information content (AvgIpc) is 2.44. The van der Waals surface area contributed by atoms with Gasteiger partial charge >= 0.3 is 0 Å². The van der Waals surface area contributed by atoms with Crippen LogP contribution in [0.3, 0.4) is 0 Å². The van der Waals surface area contributed by atoms with Gasteiger partial charge in [0.2, 0.25) is 11.8 Å². The maximum atomic E-state index is 12.1. The van der Waals surface area contributed by atoms with Gasteiger partial charge in [0.15, 0.2) is 0 Å². The van der Waals surface area contributed by atoms with E-state index in [-0.39, 0.29) is 11.8 Å². The van der Waals surface area contributed by atoms with Crippen molar-refractivity contribution < 1.29 is 9.59 Å². The Morgan fingerprint density at radius 3 is 1.95 bits per heavy atom. The van der Waals surface area contributed by atoms with E-state index in [1.165, 1.54) is 0 Å². The number of hydrogen-bond acceptors (Lipinski definition) is 4. The standard InChI is InChI=1S/C14H28N4O2/c1-2-3-5-12-13(19)17-10-8-15-6-4-7-16-9-11-18-14(12)20/h12,15-16H,2-11H2,1H3,(H,17,19)(H,18,20). The molecule has 6 heteroatoms. The minimum atomic E-state index is -0.558. The molecule has 20 heavy (non-hydrogen) atoms. The summed E-state index contributed by atoms with van der Waals surface area (Å²) >= 11 is 0. The molecule has 0 aromatic heterocycles. The number of rotatable bonds is 3. The van der Waals surface area contributed by atoms with Crippen molar-refractivity contribution in [3.05, 3.63) is 0 Å². The lowest BCUT2D eigenvalue weighted by Gasteiger charge is -2.17. The summed E-state index contributed by atoms with van der Waals surface area (Å²) < 4.78 is 0. The van der Waals surface area contributed by atoms with Crippen LogP contribution >= 0.6 is 0 Å². The summed E-state index contributed by atoms with van der Waals surface area (Å²) in [5, 5.41) is 12.2. The van der Waals surface area contributed by atoms with Gasteiger partial charge in [0, 0.05) is 26.2 Å². The highest BCUT2D eigenvalue weighted by atomic mass is 16.2. The molecule has 0 spiro atoms. The Balaban J connectivity index is 2.52. The highest BCUT2D eigenvalue weighted by Gasteiger charge is 2.25. The first kappa shape index (κ1) is 16.9. The summed E-state index contributed by atoms with van der Waals surface area (Å²) in [4.78, 5) is 24.2. The molecular formula is C14H28N4O2. The zero-order valence-corrected chi connectivity index (χ0v) is 12.5. The Bertz CT molecular complexity index is 273. The summed E-state index contributed by atoms with van der Waals surface area (Å²) in [6.45, 7) is 6.57. The molecule has 1 fully saturated rings. The fourth-order valence-electron chi connectivity index (χ4n) is 2.17. The number of hydrogen-bond donors (Lipinski definition) is 4. The smallest absolute Gasteiger partial charge is 0.232 e. The van der Waals surface area contributed by atoms with Crippen LogP contribution in [-0.4, -0.2) is 51.1 Å². The molecule has 0 unspecified atom stereocenters. The van der Waals surface area contributed by atoms with Crippen LogP contribution in [-0.2, 0) is 9.59 Å². The molecule has 116 valence electrons. The molecule has 1 saturated heterocycles. The van der Waals surface area contributed by atoms with E-state index in [1.807, 2.05) is 0 Å². The minimum Gasteiger partial charge on any atom is -0.354 e. The van der Waals surface area contributed by atoms with Crippen LogP contribution in [0.5, 0.6) is 0 Å². The summed E-state index contributed by atoms with van der Waals surface area (Å²) in [7, 11) is 0. The molecule has 0 aliphatic carbocycles. The Morgan fingerprint density at radius 2 is 1.45 bits per heavy atom. The molecule has 1 rings (SSSR count). The second-order valence-corrected chi connectivity index (χ2v) is 5.13. The summed E-state index contributed by atoms with van der Waals surface area (Å²) in [5.74, 6) is -0.858. The van der Waals surface area contributed by atoms with Crippen molar-refractivity contribution in [1.29, 1.82) is 0 Å². The average molecular weight is 284 g/mol. The highest BCUT2D eigenvalue weighted by Crippen LogP contribution is 2.09. The van der Waals surface area contributed by atoms with Gasteiger partial charge in [-0.15, -0.1) is 0 Å². The normalized spacial score (nSPS) is 20.9. The summed E-state index contributed by atoms with van der Waals surface area (Å²) in [5.41, 5.74) is 0. The van der Waals surface area contributed by atoms with Gasteiger partial charge in [0.05, 0.1) is 0 Å². The van der Waals surface area contributed by atoms with Crippen molar-refractivity contribution in [2.24, 2.45) is 5.92 Å². The second-order valence-electron chi connectivity index (χ2n) is 5.13. The SMILES string of the molecule is CCCCC1C(=O)NCCNCCCNCCNC1=O. The van der Waals surface area contributed by atoms with Gasteiger partial charge < -0.3 is 21.3 Å². The molecule has 0 radical (unpaired) electrons. The first-order valence-electron chi connectivity index (χ1n) is 7.72. The fraction of sp³-hybridized carbons (Fsp3) is 0.857. The number of amides is 2. The molecule has 0 saturated carbocycles. The quantitative estimate of drug-likeness (QED) is 0.532. The third-order valence-electron chi connectivity index (χ3n) is 3.39. The zero-order valence-electron chi connectivity index (χ0n) is 12.5. The highest BCUT2D eigenvalue weighted by molar-refractivity contribution is 6.00. The maximum Gasteiger partial charge on any atom is 0.232 e. The van der Waals surface area contributed by atoms with Crippen molar-refractivity contribution in [3.8, 4) is 0 Å². The van der Waals surface area contributed by atoms with Gasteiger partial charge in [0.25, 0.3) is 0 Å². The third kappa shape index (κ3) is 6.86. The van der Waals surface area contributed by atoms with Crippen molar-refractivity contribution in [1.82, 2.24) is 21.3 Å². The van der Waals surface area contributed by atoms with Crippen LogP contribution < -0.4 is 21.3 Å². The van der Waals surface area contributed by atoms with E-state index in [1.54, 1.807) is 0 Å². The van der Waals surface area contributed by atoms with E-state index in [2.05, 4.69) is 28.2 Å². The molecule has 0 atom stereocenters. The van der Waals surface area contributed by atoms with E-state index >= 15 is 0 Å². The Labute approximate surface area is 121 Å². The predicted octanol–water partition coefficient (Wildman–Crippen LogP) is -0.392. The van der Waals surface area contributed by atoms with E-state index < -0.39 is 5.92 Å². The van der Waals surface area contributed by atoms with E-state index in [0.717, 1.165) is 45.4 Å². The molecule has 0 bridgehead atoms. The topological polar surface area (TPSA) is 82.3 Å². The lowest BCUT2D eigenvalue weighted by Crippen LogP contribution is -2.45. The molecule has 1 aliphatic heterocycles. The number of carbonyl (C=O) groups excluding carboxylic acids is 2. The molecule has 6 nitrogen and oxygen atoms in total. The maximum absolute atomic E-state index is 12.1. The van der Waals surface area contributed by atoms with Gasteiger partial charge in [-0.2, -0.15) is 0 Å². The number of carbonyl (C=O) groups is 2. The van der Waals surface area contributed by atoms with Crippen molar-refractivity contribution in [2.75, 3.05) is 39.3 Å². The Kier molecular flexibility index (Phi) is 8.98. The zero-order chi connectivity index (χ0) is 14.6. The lowest BCUT2D eigenvalue weighted by atomic mass is 10.00. The van der Waals surface area contributed by atoms with E-state index in [4.69, 9.17) is 0 Å². The van der Waals surface area contributed by atoms with Crippen LogP contribution in [0.4, 0.5) is 0 Å². The van der Waals surface area contributed by atoms with Crippen LogP contribution in [0.25, 0.3) is 0 Å². The molecule has 2 amide bonds. The van der Waals surface area contributed by atoms with Crippen LogP contribution in [0.15, 0.2) is 0 Å². The molecule has 0 aromatic rings. The van der Waals surface area contributed by atoms with Crippen LogP contribution in [0, 0.1) is 5.92 Å². The lowest BCUT2D eigenvalue weighted by molar-refractivity contribution is -0.135. The van der Waals surface area contributed by atoms with Crippen LogP contribution in [0.1, 0.15) is 32.6 Å². The monoisotopic (exact) mass is 284 g/mol. The van der Waals surface area contributed by atoms with Gasteiger partial charge in [-0.3, -0.25) is 9.59 Å². The van der Waals surface area contributed by atoms with Crippen molar-refractivity contribution in [3.63, 3.8) is 0 Å². The van der Waals surface area contributed by atoms with Crippen molar-refractivity contribution >= 4 is 11.8 Å². The number of nitrogens with one attached hydrogen (secondary N) is 4. The van der Waals surface area contributed by atoms with E-state index in [9.17, 15) is 9.59 Å². The summed E-state index contributed by atoms with van der Waals surface area (Å²) in [6, 6.07) is 0. The molecule has 0 aromatic carbocycles.